The molecule has 0 aliphatic heterocycles. The molecule has 0 radical (unpaired) electrons. The third-order valence-corrected chi connectivity index (χ3v) is 4.67. The van der Waals surface area contributed by atoms with Crippen molar-refractivity contribution in [3.05, 3.63) is 30.0 Å². The monoisotopic (exact) mass is 346 g/mol. The van der Waals surface area contributed by atoms with Crippen molar-refractivity contribution in [1.29, 1.82) is 0 Å². The Hall–Kier alpha value is -2.21. The number of urea groups is 1. The number of carbonyl (C=O) groups is 1. The second-order valence-electron chi connectivity index (χ2n) is 6.67. The number of hydrogen-bond donors (Lipinski definition) is 3. The first-order valence-corrected chi connectivity index (χ1v) is 8.94. The Kier molecular flexibility index (Phi) is 5.48. The van der Waals surface area contributed by atoms with Crippen LogP contribution in [0.3, 0.4) is 0 Å². The summed E-state index contributed by atoms with van der Waals surface area (Å²) < 4.78 is 11.5. The molecule has 136 valence electrons. The average Bonchev–Trinajstić information content (AvgIpc) is 3.20. The van der Waals surface area contributed by atoms with Gasteiger partial charge >= 0.3 is 6.03 Å². The van der Waals surface area contributed by atoms with Gasteiger partial charge in [-0.1, -0.05) is 12.1 Å². The molecule has 1 aromatic heterocycles. The number of aliphatic hydroxyl groups excluding tert-OH is 1. The standard InChI is InChI=1S/C19H26N2O4/c1-3-24-16-6-4-5-14-10-17(25-18(14)16)12(2)21-19(23)20-11-13-7-8-15(22)9-13/h4-6,10,12-13,15,22H,3,7-9,11H2,1-2H3,(H2,20,21,23)/t12-,13+,15+/m0/s1. The van der Waals surface area contributed by atoms with Crippen LogP contribution in [-0.2, 0) is 0 Å². The largest absolute Gasteiger partial charge is 0.490 e. The third kappa shape index (κ3) is 4.25. The molecule has 1 saturated carbocycles. The Bertz CT molecular complexity index is 727. The summed E-state index contributed by atoms with van der Waals surface area (Å²) in [6, 6.07) is 7.21. The Balaban J connectivity index is 1.59. The van der Waals surface area contributed by atoms with Gasteiger partial charge in [0.25, 0.3) is 0 Å². The van der Waals surface area contributed by atoms with E-state index in [-0.39, 0.29) is 18.2 Å². The summed E-state index contributed by atoms with van der Waals surface area (Å²) in [5, 5.41) is 16.3. The van der Waals surface area contributed by atoms with E-state index in [1.54, 1.807) is 0 Å². The van der Waals surface area contributed by atoms with Crippen LogP contribution < -0.4 is 15.4 Å². The van der Waals surface area contributed by atoms with Crippen molar-refractivity contribution < 1.29 is 19.1 Å². The number of rotatable bonds is 6. The zero-order valence-electron chi connectivity index (χ0n) is 14.7. The summed E-state index contributed by atoms with van der Waals surface area (Å²) in [6.07, 6.45) is 2.33. The zero-order chi connectivity index (χ0) is 17.8. The lowest BCUT2D eigenvalue weighted by atomic mass is 10.1. The maximum Gasteiger partial charge on any atom is 0.315 e. The van der Waals surface area contributed by atoms with E-state index in [9.17, 15) is 9.90 Å². The molecule has 6 nitrogen and oxygen atoms in total. The van der Waals surface area contributed by atoms with Crippen molar-refractivity contribution in [2.45, 2.75) is 45.3 Å². The molecular weight excluding hydrogens is 320 g/mol. The van der Waals surface area contributed by atoms with Crippen molar-refractivity contribution in [2.24, 2.45) is 5.92 Å². The van der Waals surface area contributed by atoms with E-state index < -0.39 is 0 Å². The van der Waals surface area contributed by atoms with Crippen LogP contribution in [0.25, 0.3) is 11.0 Å². The van der Waals surface area contributed by atoms with Gasteiger partial charge in [-0.15, -0.1) is 0 Å². The van der Waals surface area contributed by atoms with Gasteiger partial charge in [-0.25, -0.2) is 4.79 Å². The van der Waals surface area contributed by atoms with Crippen LogP contribution in [0.2, 0.25) is 0 Å². The number of carbonyl (C=O) groups excluding carboxylic acids is 1. The van der Waals surface area contributed by atoms with E-state index in [2.05, 4.69) is 10.6 Å². The number of amides is 2. The smallest absolute Gasteiger partial charge is 0.315 e. The van der Waals surface area contributed by atoms with Gasteiger partial charge in [0.15, 0.2) is 11.3 Å². The molecule has 2 aromatic rings. The highest BCUT2D eigenvalue weighted by Crippen LogP contribution is 2.31. The topological polar surface area (TPSA) is 83.7 Å². The number of hydrogen-bond acceptors (Lipinski definition) is 4. The van der Waals surface area contributed by atoms with Crippen molar-refractivity contribution in [3.8, 4) is 5.75 Å². The van der Waals surface area contributed by atoms with Crippen LogP contribution in [-0.4, -0.2) is 30.4 Å². The fourth-order valence-corrected chi connectivity index (χ4v) is 3.33. The molecule has 0 saturated heterocycles. The molecule has 3 N–H and O–H groups in total. The quantitative estimate of drug-likeness (QED) is 0.749. The molecule has 1 heterocycles. The maximum atomic E-state index is 12.1. The second-order valence-corrected chi connectivity index (χ2v) is 6.67. The minimum atomic E-state index is -0.254. The lowest BCUT2D eigenvalue weighted by Gasteiger charge is -2.15. The van der Waals surface area contributed by atoms with Crippen molar-refractivity contribution >= 4 is 17.0 Å². The van der Waals surface area contributed by atoms with Gasteiger partial charge in [0.05, 0.1) is 18.8 Å². The number of para-hydroxylation sites is 1. The number of nitrogens with one attached hydrogen (secondary N) is 2. The van der Waals surface area contributed by atoms with Gasteiger partial charge < -0.3 is 24.9 Å². The highest BCUT2D eigenvalue weighted by molar-refractivity contribution is 5.84. The van der Waals surface area contributed by atoms with Crippen molar-refractivity contribution in [2.75, 3.05) is 13.2 Å². The summed E-state index contributed by atoms with van der Waals surface area (Å²) in [4.78, 5) is 12.1. The predicted octanol–water partition coefficient (Wildman–Crippen LogP) is 3.35. The number of furan rings is 1. The first kappa shape index (κ1) is 17.6. The predicted molar refractivity (Wildman–Crippen MR) is 95.7 cm³/mol. The molecular formula is C19H26N2O4. The Labute approximate surface area is 147 Å². The molecule has 3 rings (SSSR count). The van der Waals surface area contributed by atoms with Crippen LogP contribution in [0.15, 0.2) is 28.7 Å². The Morgan fingerprint density at radius 1 is 1.44 bits per heavy atom. The first-order chi connectivity index (χ1) is 12.1. The van der Waals surface area contributed by atoms with E-state index >= 15 is 0 Å². The number of benzene rings is 1. The van der Waals surface area contributed by atoms with Crippen LogP contribution in [0.4, 0.5) is 4.79 Å². The van der Waals surface area contributed by atoms with Crippen LogP contribution in [0.1, 0.15) is 44.9 Å². The van der Waals surface area contributed by atoms with Gasteiger partial charge in [-0.2, -0.15) is 0 Å². The van der Waals surface area contributed by atoms with E-state index in [4.69, 9.17) is 9.15 Å². The van der Waals surface area contributed by atoms with E-state index in [0.29, 0.717) is 36.2 Å². The SMILES string of the molecule is CCOc1cccc2cc([C@H](C)NC(=O)NC[C@@H]3CC[C@@H](O)C3)oc12. The number of fused-ring (bicyclic) bond motifs is 1. The fourth-order valence-electron chi connectivity index (χ4n) is 3.33. The van der Waals surface area contributed by atoms with Crippen molar-refractivity contribution in [1.82, 2.24) is 10.6 Å². The van der Waals surface area contributed by atoms with Gasteiger partial charge in [0.2, 0.25) is 0 Å². The molecule has 1 aliphatic rings. The number of aliphatic hydroxyl groups is 1. The highest BCUT2D eigenvalue weighted by Gasteiger charge is 2.23. The third-order valence-electron chi connectivity index (χ3n) is 4.67. The van der Waals surface area contributed by atoms with Gasteiger partial charge in [0, 0.05) is 11.9 Å². The molecule has 6 heteroatoms. The normalized spacial score (nSPS) is 21.2. The maximum absolute atomic E-state index is 12.1. The summed E-state index contributed by atoms with van der Waals surface area (Å²) in [5.41, 5.74) is 0.702. The zero-order valence-corrected chi connectivity index (χ0v) is 14.7. The van der Waals surface area contributed by atoms with E-state index in [1.165, 1.54) is 0 Å². The van der Waals surface area contributed by atoms with Crippen molar-refractivity contribution in [3.63, 3.8) is 0 Å². The molecule has 2 amide bonds. The molecule has 3 atom stereocenters. The first-order valence-electron chi connectivity index (χ1n) is 8.94. The molecule has 1 aromatic carbocycles. The summed E-state index contributed by atoms with van der Waals surface area (Å²) in [6.45, 7) is 4.98. The summed E-state index contributed by atoms with van der Waals surface area (Å²) in [7, 11) is 0. The van der Waals surface area contributed by atoms with Gasteiger partial charge in [-0.3, -0.25) is 0 Å². The van der Waals surface area contributed by atoms with E-state index in [0.717, 1.165) is 24.6 Å². The Morgan fingerprint density at radius 3 is 3.00 bits per heavy atom. The summed E-state index contributed by atoms with van der Waals surface area (Å²) >= 11 is 0. The molecule has 0 bridgehead atoms. The van der Waals surface area contributed by atoms with Crippen LogP contribution in [0, 0.1) is 5.92 Å². The van der Waals surface area contributed by atoms with Crippen LogP contribution >= 0.6 is 0 Å². The fraction of sp³-hybridized carbons (Fsp3) is 0.526. The van der Waals surface area contributed by atoms with Crippen LogP contribution in [0.5, 0.6) is 5.75 Å². The molecule has 1 aliphatic carbocycles. The molecule has 0 unspecified atom stereocenters. The lowest BCUT2D eigenvalue weighted by molar-refractivity contribution is 0.177. The Morgan fingerprint density at radius 2 is 2.28 bits per heavy atom. The highest BCUT2D eigenvalue weighted by atomic mass is 16.5. The summed E-state index contributed by atoms with van der Waals surface area (Å²) in [5.74, 6) is 1.76. The van der Waals surface area contributed by atoms with Gasteiger partial charge in [-0.05, 0) is 51.2 Å². The molecule has 0 spiro atoms. The average molecular weight is 346 g/mol. The minimum Gasteiger partial charge on any atom is -0.490 e. The second kappa shape index (κ2) is 7.78. The molecule has 1 fully saturated rings. The lowest BCUT2D eigenvalue weighted by Crippen LogP contribution is -2.39. The van der Waals surface area contributed by atoms with Gasteiger partial charge in [0.1, 0.15) is 5.76 Å². The number of ether oxygens (including phenoxy) is 1. The minimum absolute atomic E-state index is 0.219. The van der Waals surface area contributed by atoms with E-state index in [1.807, 2.05) is 38.1 Å². The molecule has 25 heavy (non-hydrogen) atoms.